The molecule has 0 spiro atoms. The van der Waals surface area contributed by atoms with E-state index < -0.39 is 0 Å². The summed E-state index contributed by atoms with van der Waals surface area (Å²) in [6, 6.07) is 0. The molecule has 0 fully saturated rings. The number of carbonyl (C=O) groups excluding carboxylic acids is 1. The highest BCUT2D eigenvalue weighted by atomic mass is 16.1. The number of nitrogens with two attached hydrogens (primary N) is 1. The summed E-state index contributed by atoms with van der Waals surface area (Å²) in [6.45, 7) is 7.67. The fourth-order valence-corrected chi connectivity index (χ4v) is 1.47. The molecule has 84 valence electrons. The lowest BCUT2D eigenvalue weighted by atomic mass is 10.0. The molecular formula is C11H24N2O. The Hall–Kier alpha value is -0.570. The molecule has 3 nitrogen and oxygen atoms in total. The van der Waals surface area contributed by atoms with Crippen LogP contribution in [0.25, 0.3) is 0 Å². The van der Waals surface area contributed by atoms with Gasteiger partial charge >= 0.3 is 0 Å². The molecule has 3 N–H and O–H groups in total. The van der Waals surface area contributed by atoms with Crippen LogP contribution in [0.3, 0.4) is 0 Å². The molecule has 0 aromatic carbocycles. The summed E-state index contributed by atoms with van der Waals surface area (Å²) in [5, 5.41) is 2.97. The standard InChI is InChI=1S/C11H24N2O/c1-4-10(5-2)11(14)13-8-9(3)6-7-12/h9-10H,4-8,12H2,1-3H3,(H,13,14). The number of hydrogen-bond donors (Lipinski definition) is 2. The first-order chi connectivity index (χ1) is 6.65. The van der Waals surface area contributed by atoms with Crippen molar-refractivity contribution in [1.29, 1.82) is 0 Å². The molecule has 0 aliphatic heterocycles. The molecule has 1 amide bonds. The lowest BCUT2D eigenvalue weighted by Crippen LogP contribution is -2.33. The van der Waals surface area contributed by atoms with Gasteiger partial charge in [0.2, 0.25) is 5.91 Å². The van der Waals surface area contributed by atoms with Crippen LogP contribution in [0.5, 0.6) is 0 Å². The van der Waals surface area contributed by atoms with E-state index in [1.807, 2.05) is 0 Å². The van der Waals surface area contributed by atoms with Crippen LogP contribution in [0.15, 0.2) is 0 Å². The maximum Gasteiger partial charge on any atom is 0.223 e. The second-order valence-electron chi connectivity index (χ2n) is 3.94. The van der Waals surface area contributed by atoms with Crippen LogP contribution in [0, 0.1) is 11.8 Å². The van der Waals surface area contributed by atoms with Gasteiger partial charge in [-0.1, -0.05) is 20.8 Å². The van der Waals surface area contributed by atoms with Crippen molar-refractivity contribution in [2.45, 2.75) is 40.0 Å². The fourth-order valence-electron chi connectivity index (χ4n) is 1.47. The second-order valence-corrected chi connectivity index (χ2v) is 3.94. The van der Waals surface area contributed by atoms with Gasteiger partial charge in [-0.15, -0.1) is 0 Å². The summed E-state index contributed by atoms with van der Waals surface area (Å²) in [4.78, 5) is 11.6. The van der Waals surface area contributed by atoms with E-state index in [1.165, 1.54) is 0 Å². The Morgan fingerprint density at radius 1 is 1.36 bits per heavy atom. The van der Waals surface area contributed by atoms with Gasteiger partial charge in [0.1, 0.15) is 0 Å². The van der Waals surface area contributed by atoms with Crippen LogP contribution in [0.4, 0.5) is 0 Å². The van der Waals surface area contributed by atoms with Crippen molar-refractivity contribution in [3.63, 3.8) is 0 Å². The predicted octanol–water partition coefficient (Wildman–Crippen LogP) is 1.52. The first-order valence-electron chi connectivity index (χ1n) is 5.63. The number of amides is 1. The summed E-state index contributed by atoms with van der Waals surface area (Å²) in [5.41, 5.74) is 5.44. The van der Waals surface area contributed by atoms with Gasteiger partial charge in [-0.25, -0.2) is 0 Å². The van der Waals surface area contributed by atoms with Gasteiger partial charge in [0.15, 0.2) is 0 Å². The van der Waals surface area contributed by atoms with Crippen LogP contribution in [-0.2, 0) is 4.79 Å². The van der Waals surface area contributed by atoms with E-state index in [0.717, 1.165) is 25.8 Å². The van der Waals surface area contributed by atoms with Crippen molar-refractivity contribution in [1.82, 2.24) is 5.32 Å². The molecule has 0 aliphatic rings. The summed E-state index contributed by atoms with van der Waals surface area (Å²) < 4.78 is 0. The average molecular weight is 200 g/mol. The van der Waals surface area contributed by atoms with Crippen LogP contribution in [0.1, 0.15) is 40.0 Å². The number of hydrogen-bond acceptors (Lipinski definition) is 2. The third-order valence-corrected chi connectivity index (χ3v) is 2.64. The normalized spacial score (nSPS) is 12.9. The molecule has 3 heteroatoms. The molecule has 0 radical (unpaired) electrons. The number of rotatable bonds is 7. The lowest BCUT2D eigenvalue weighted by molar-refractivity contribution is -0.125. The number of nitrogens with one attached hydrogen (secondary N) is 1. The van der Waals surface area contributed by atoms with E-state index in [1.54, 1.807) is 0 Å². The smallest absolute Gasteiger partial charge is 0.223 e. The van der Waals surface area contributed by atoms with E-state index in [-0.39, 0.29) is 11.8 Å². The van der Waals surface area contributed by atoms with Crippen molar-refractivity contribution >= 4 is 5.91 Å². The molecule has 0 heterocycles. The average Bonchev–Trinajstić information content (AvgIpc) is 2.17. The van der Waals surface area contributed by atoms with E-state index in [4.69, 9.17) is 5.73 Å². The van der Waals surface area contributed by atoms with Gasteiger partial charge in [-0.2, -0.15) is 0 Å². The Morgan fingerprint density at radius 2 is 1.93 bits per heavy atom. The van der Waals surface area contributed by atoms with Gasteiger partial charge in [0.05, 0.1) is 0 Å². The van der Waals surface area contributed by atoms with Crippen LogP contribution < -0.4 is 11.1 Å². The quantitative estimate of drug-likeness (QED) is 0.654. The van der Waals surface area contributed by atoms with Crippen LogP contribution >= 0.6 is 0 Å². The third kappa shape index (κ3) is 5.22. The Balaban J connectivity index is 3.71. The Labute approximate surface area is 87.4 Å². The van der Waals surface area contributed by atoms with E-state index in [0.29, 0.717) is 12.5 Å². The molecule has 0 saturated heterocycles. The summed E-state index contributed by atoms with van der Waals surface area (Å²) in [7, 11) is 0. The zero-order valence-corrected chi connectivity index (χ0v) is 9.68. The van der Waals surface area contributed by atoms with E-state index in [9.17, 15) is 4.79 Å². The van der Waals surface area contributed by atoms with Gasteiger partial charge in [0.25, 0.3) is 0 Å². The lowest BCUT2D eigenvalue weighted by Gasteiger charge is -2.15. The molecule has 0 aliphatic carbocycles. The SMILES string of the molecule is CCC(CC)C(=O)NCC(C)CCN. The molecule has 0 aromatic heterocycles. The highest BCUT2D eigenvalue weighted by molar-refractivity contribution is 5.78. The van der Waals surface area contributed by atoms with Gasteiger partial charge in [0, 0.05) is 12.5 Å². The van der Waals surface area contributed by atoms with Crippen LogP contribution in [-0.4, -0.2) is 19.0 Å². The van der Waals surface area contributed by atoms with Gasteiger partial charge in [-0.3, -0.25) is 4.79 Å². The van der Waals surface area contributed by atoms with Crippen molar-refractivity contribution in [2.75, 3.05) is 13.1 Å². The Kier molecular flexibility index (Phi) is 7.48. The largest absolute Gasteiger partial charge is 0.356 e. The molecule has 0 saturated carbocycles. The minimum absolute atomic E-state index is 0.181. The van der Waals surface area contributed by atoms with Crippen LogP contribution in [0.2, 0.25) is 0 Å². The first-order valence-corrected chi connectivity index (χ1v) is 5.63. The van der Waals surface area contributed by atoms with E-state index in [2.05, 4.69) is 26.1 Å². The van der Waals surface area contributed by atoms with Crippen molar-refractivity contribution < 1.29 is 4.79 Å². The predicted molar refractivity (Wildman–Crippen MR) is 59.9 cm³/mol. The molecule has 1 atom stereocenters. The monoisotopic (exact) mass is 200 g/mol. The van der Waals surface area contributed by atoms with Crippen molar-refractivity contribution in [2.24, 2.45) is 17.6 Å². The molecule has 0 bridgehead atoms. The van der Waals surface area contributed by atoms with Crippen molar-refractivity contribution in [3.05, 3.63) is 0 Å². The summed E-state index contributed by atoms with van der Waals surface area (Å²) in [6.07, 6.45) is 2.82. The maximum atomic E-state index is 11.6. The van der Waals surface area contributed by atoms with E-state index >= 15 is 0 Å². The van der Waals surface area contributed by atoms with Crippen molar-refractivity contribution in [3.8, 4) is 0 Å². The summed E-state index contributed by atoms with van der Waals surface area (Å²) >= 11 is 0. The fraction of sp³-hybridized carbons (Fsp3) is 0.909. The minimum Gasteiger partial charge on any atom is -0.356 e. The zero-order valence-electron chi connectivity index (χ0n) is 9.68. The second kappa shape index (κ2) is 7.80. The Morgan fingerprint density at radius 3 is 2.36 bits per heavy atom. The molecule has 0 rings (SSSR count). The molecule has 0 aromatic rings. The number of carbonyl (C=O) groups is 1. The topological polar surface area (TPSA) is 55.1 Å². The zero-order chi connectivity index (χ0) is 11.0. The molecule has 1 unspecified atom stereocenters. The summed E-state index contributed by atoms with van der Waals surface area (Å²) in [5.74, 6) is 0.859. The van der Waals surface area contributed by atoms with Gasteiger partial charge in [-0.05, 0) is 31.7 Å². The third-order valence-electron chi connectivity index (χ3n) is 2.64. The molecule has 14 heavy (non-hydrogen) atoms. The minimum atomic E-state index is 0.181. The molecular weight excluding hydrogens is 176 g/mol. The maximum absolute atomic E-state index is 11.6. The first kappa shape index (κ1) is 13.4. The highest BCUT2D eigenvalue weighted by Gasteiger charge is 2.13. The Bertz CT molecular complexity index is 155. The highest BCUT2D eigenvalue weighted by Crippen LogP contribution is 2.07. The van der Waals surface area contributed by atoms with Gasteiger partial charge < -0.3 is 11.1 Å².